The van der Waals surface area contributed by atoms with Crippen LogP contribution in [-0.4, -0.2) is 29.6 Å². The minimum absolute atomic E-state index is 0.0202. The second kappa shape index (κ2) is 8.75. The van der Waals surface area contributed by atoms with E-state index in [9.17, 15) is 27.5 Å². The average Bonchev–Trinajstić information content (AvgIpc) is 3.08. The fourth-order valence-electron chi connectivity index (χ4n) is 3.47. The quantitative estimate of drug-likeness (QED) is 0.410. The first-order valence-electron chi connectivity index (χ1n) is 9.15. The molecule has 164 valence electrons. The molecule has 0 heterocycles. The number of fused-ring (bicyclic) bond motifs is 1. The van der Waals surface area contributed by atoms with Crippen LogP contribution in [0.4, 0.5) is 17.6 Å². The number of hydrogen-bond acceptors (Lipinski definition) is 5. The first kappa shape index (κ1) is 22.3. The zero-order chi connectivity index (χ0) is 22.8. The number of halogens is 4. The average molecular weight is 438 g/mol. The van der Waals surface area contributed by atoms with Crippen molar-refractivity contribution in [3.63, 3.8) is 0 Å². The van der Waals surface area contributed by atoms with Crippen molar-refractivity contribution >= 4 is 17.4 Å². The Morgan fingerprint density at radius 3 is 2.61 bits per heavy atom. The predicted octanol–water partition coefficient (Wildman–Crippen LogP) is 4.46. The molecule has 0 saturated heterocycles. The highest BCUT2D eigenvalue weighted by Gasteiger charge is 2.37. The topological polar surface area (TPSA) is 80.5 Å². The second-order valence-electron chi connectivity index (χ2n) is 6.82. The Morgan fingerprint density at radius 2 is 1.97 bits per heavy atom. The number of aliphatic carboxylic acids is 1. The van der Waals surface area contributed by atoms with Crippen molar-refractivity contribution in [2.45, 2.75) is 32.5 Å². The van der Waals surface area contributed by atoms with E-state index in [0.29, 0.717) is 17.2 Å². The first-order valence-corrected chi connectivity index (χ1v) is 9.15. The van der Waals surface area contributed by atoms with E-state index in [-0.39, 0.29) is 47.6 Å². The van der Waals surface area contributed by atoms with Crippen molar-refractivity contribution in [3.8, 4) is 0 Å². The molecule has 0 saturated carbocycles. The third-order valence-corrected chi connectivity index (χ3v) is 4.88. The normalized spacial score (nSPS) is 15.2. The van der Waals surface area contributed by atoms with Gasteiger partial charge in [-0.05, 0) is 43.0 Å². The molecule has 0 spiro atoms. The molecular formula is C21H18F4N2O4. The van der Waals surface area contributed by atoms with Crippen molar-refractivity contribution in [3.05, 3.63) is 69.5 Å². The monoisotopic (exact) mass is 438 g/mol. The fourth-order valence-corrected chi connectivity index (χ4v) is 3.47. The Labute approximate surface area is 174 Å². The van der Waals surface area contributed by atoms with Gasteiger partial charge in [-0.15, -0.1) is 0 Å². The number of carboxylic acid groups (broad SMARTS) is 1. The van der Waals surface area contributed by atoms with Gasteiger partial charge in [0.05, 0.1) is 11.3 Å². The molecular weight excluding hydrogens is 420 g/mol. The maximum Gasteiger partial charge on any atom is 0.416 e. The number of aryl methyl sites for hydroxylation is 1. The number of nitrogens with zero attached hydrogens (tertiary/aromatic N) is 2. The van der Waals surface area contributed by atoms with Crippen LogP contribution in [0.2, 0.25) is 0 Å². The van der Waals surface area contributed by atoms with Crippen LogP contribution < -0.4 is 0 Å². The summed E-state index contributed by atoms with van der Waals surface area (Å²) in [5.74, 6) is -2.32. The summed E-state index contributed by atoms with van der Waals surface area (Å²) in [5.41, 5.74) is 0.304. The van der Waals surface area contributed by atoms with Gasteiger partial charge in [0.15, 0.2) is 5.71 Å². The summed E-state index contributed by atoms with van der Waals surface area (Å²) in [5, 5.41) is 16.8. The summed E-state index contributed by atoms with van der Waals surface area (Å²) in [7, 11) is 1.22. The highest BCUT2D eigenvalue weighted by molar-refractivity contribution is 6.42. The zero-order valence-corrected chi connectivity index (χ0v) is 16.6. The number of carbonyl (C=O) groups is 1. The lowest BCUT2D eigenvalue weighted by atomic mass is 9.99. The summed E-state index contributed by atoms with van der Waals surface area (Å²) < 4.78 is 53.4. The van der Waals surface area contributed by atoms with Gasteiger partial charge in [-0.25, -0.2) is 9.18 Å². The third kappa shape index (κ3) is 4.68. The van der Waals surface area contributed by atoms with Gasteiger partial charge in [0.25, 0.3) is 0 Å². The molecule has 2 aromatic rings. The van der Waals surface area contributed by atoms with Crippen LogP contribution in [-0.2, 0) is 33.7 Å². The van der Waals surface area contributed by atoms with Crippen molar-refractivity contribution in [2.75, 3.05) is 7.11 Å². The highest BCUT2D eigenvalue weighted by atomic mass is 19.4. The lowest BCUT2D eigenvalue weighted by molar-refractivity contribution is -0.138. The van der Waals surface area contributed by atoms with Crippen LogP contribution in [0.3, 0.4) is 0 Å². The lowest BCUT2D eigenvalue weighted by Gasteiger charge is -2.12. The minimum atomic E-state index is -4.67. The second-order valence-corrected chi connectivity index (χ2v) is 6.82. The van der Waals surface area contributed by atoms with Gasteiger partial charge in [0, 0.05) is 16.7 Å². The Kier molecular flexibility index (Phi) is 6.28. The molecule has 1 aliphatic rings. The zero-order valence-electron chi connectivity index (χ0n) is 16.6. The predicted molar refractivity (Wildman–Crippen MR) is 103 cm³/mol. The van der Waals surface area contributed by atoms with Crippen molar-refractivity contribution in [1.29, 1.82) is 0 Å². The molecule has 1 aliphatic carbocycles. The molecule has 0 bridgehead atoms. The van der Waals surface area contributed by atoms with Crippen molar-refractivity contribution in [2.24, 2.45) is 10.3 Å². The molecule has 0 aromatic heterocycles. The maximum atomic E-state index is 13.8. The van der Waals surface area contributed by atoms with Gasteiger partial charge in [0.2, 0.25) is 0 Å². The van der Waals surface area contributed by atoms with Crippen molar-refractivity contribution in [1.82, 2.24) is 0 Å². The molecule has 0 aliphatic heterocycles. The van der Waals surface area contributed by atoms with Gasteiger partial charge in [0.1, 0.15) is 19.5 Å². The fraction of sp³-hybridized carbons (Fsp3) is 0.286. The lowest BCUT2D eigenvalue weighted by Crippen LogP contribution is -2.18. The van der Waals surface area contributed by atoms with Crippen LogP contribution in [0, 0.1) is 12.7 Å². The van der Waals surface area contributed by atoms with E-state index in [4.69, 9.17) is 4.84 Å². The Hall–Kier alpha value is -3.43. The SMILES string of the molecule is CO/N=C(/C(=O)O)c1cccc(C)c1CO/N=C1\CCc2c1cc(F)cc2C(F)(F)F. The van der Waals surface area contributed by atoms with Crippen LogP contribution in [0.15, 0.2) is 40.6 Å². The van der Waals surface area contributed by atoms with E-state index in [2.05, 4.69) is 15.1 Å². The summed E-state index contributed by atoms with van der Waals surface area (Å²) in [4.78, 5) is 21.5. The number of carboxylic acids is 1. The summed E-state index contributed by atoms with van der Waals surface area (Å²) in [6, 6.07) is 6.39. The molecule has 2 aromatic carbocycles. The van der Waals surface area contributed by atoms with E-state index in [0.717, 1.165) is 6.07 Å². The van der Waals surface area contributed by atoms with Crippen LogP contribution in [0.5, 0.6) is 0 Å². The van der Waals surface area contributed by atoms with E-state index < -0.39 is 23.5 Å². The van der Waals surface area contributed by atoms with E-state index in [1.807, 2.05) is 0 Å². The molecule has 3 rings (SSSR count). The standard InChI is InChI=1S/C21H18F4N2O4/c1-11-4-3-5-14(19(20(28)29)27-30-2)16(11)10-31-26-18-7-6-13-15(18)8-12(22)9-17(13)21(23,24)25/h3-5,8-9H,6-7,10H2,1-2H3,(H,28,29)/b26-18+,27-19+. The molecule has 0 radical (unpaired) electrons. The van der Waals surface area contributed by atoms with Crippen molar-refractivity contribution < 1.29 is 37.1 Å². The van der Waals surface area contributed by atoms with Crippen LogP contribution in [0.25, 0.3) is 0 Å². The highest BCUT2D eigenvalue weighted by Crippen LogP contribution is 2.38. The third-order valence-electron chi connectivity index (χ3n) is 4.88. The van der Waals surface area contributed by atoms with Crippen LogP contribution in [0.1, 0.15) is 39.8 Å². The van der Waals surface area contributed by atoms with Gasteiger partial charge in [-0.3, -0.25) is 0 Å². The van der Waals surface area contributed by atoms with Crippen LogP contribution >= 0.6 is 0 Å². The minimum Gasteiger partial charge on any atom is -0.476 e. The summed E-state index contributed by atoms with van der Waals surface area (Å²) >= 11 is 0. The van der Waals surface area contributed by atoms with Gasteiger partial charge < -0.3 is 14.8 Å². The number of oxime groups is 2. The number of rotatable bonds is 6. The van der Waals surface area contributed by atoms with Gasteiger partial charge in [-0.1, -0.05) is 28.5 Å². The summed E-state index contributed by atoms with van der Waals surface area (Å²) in [6.07, 6.45) is -4.45. The van der Waals surface area contributed by atoms with E-state index in [1.165, 1.54) is 13.2 Å². The molecule has 6 nitrogen and oxygen atoms in total. The van der Waals surface area contributed by atoms with Gasteiger partial charge >= 0.3 is 12.1 Å². The smallest absolute Gasteiger partial charge is 0.416 e. The summed E-state index contributed by atoms with van der Waals surface area (Å²) in [6.45, 7) is 1.57. The number of alkyl halides is 3. The van der Waals surface area contributed by atoms with E-state index >= 15 is 0 Å². The molecule has 1 N–H and O–H groups in total. The maximum absolute atomic E-state index is 13.8. The molecule has 0 fully saturated rings. The Morgan fingerprint density at radius 1 is 1.23 bits per heavy atom. The Balaban J connectivity index is 1.90. The van der Waals surface area contributed by atoms with Gasteiger partial charge in [-0.2, -0.15) is 13.2 Å². The van der Waals surface area contributed by atoms with E-state index in [1.54, 1.807) is 19.1 Å². The largest absolute Gasteiger partial charge is 0.476 e. The molecule has 0 unspecified atom stereocenters. The first-order chi connectivity index (χ1) is 14.6. The number of benzene rings is 2. The molecule has 0 amide bonds. The Bertz CT molecular complexity index is 1080. The molecule has 31 heavy (non-hydrogen) atoms. The number of hydrogen-bond donors (Lipinski definition) is 1. The molecule has 0 atom stereocenters. The molecule has 10 heteroatoms.